The van der Waals surface area contributed by atoms with Crippen molar-refractivity contribution in [1.29, 1.82) is 0 Å². The van der Waals surface area contributed by atoms with Crippen molar-refractivity contribution in [2.75, 3.05) is 13.1 Å². The fourth-order valence-electron chi connectivity index (χ4n) is 3.23. The highest BCUT2D eigenvalue weighted by Gasteiger charge is 2.28. The second-order valence-corrected chi connectivity index (χ2v) is 6.68. The van der Waals surface area contributed by atoms with Gasteiger partial charge < -0.3 is 10.0 Å². The summed E-state index contributed by atoms with van der Waals surface area (Å²) in [5, 5.41) is 8.91. The third-order valence-corrected chi connectivity index (χ3v) is 4.83. The predicted octanol–water partition coefficient (Wildman–Crippen LogP) is 2.97. The molecule has 1 saturated heterocycles. The third kappa shape index (κ3) is 3.87. The van der Waals surface area contributed by atoms with Gasteiger partial charge in [0.2, 0.25) is 5.91 Å². The first-order chi connectivity index (χ1) is 10.6. The Hall–Kier alpha value is -1.84. The number of amides is 1. The van der Waals surface area contributed by atoms with Gasteiger partial charge in [0.1, 0.15) is 0 Å². The molecule has 4 nitrogen and oxygen atoms in total. The highest BCUT2D eigenvalue weighted by atomic mass is 16.4. The summed E-state index contributed by atoms with van der Waals surface area (Å²) in [4.78, 5) is 25.0. The molecule has 1 aliphatic heterocycles. The van der Waals surface area contributed by atoms with E-state index >= 15 is 0 Å². The van der Waals surface area contributed by atoms with Crippen LogP contribution in [0.15, 0.2) is 24.3 Å². The number of aromatic carboxylic acids is 1. The molecule has 1 aromatic rings. The maximum atomic E-state index is 12.2. The highest BCUT2D eigenvalue weighted by molar-refractivity contribution is 5.87. The molecular formula is C18H23NO3. The molecule has 0 spiro atoms. The molecule has 22 heavy (non-hydrogen) atoms. The molecule has 0 aromatic heterocycles. The summed E-state index contributed by atoms with van der Waals surface area (Å²) >= 11 is 0. The van der Waals surface area contributed by atoms with Crippen LogP contribution in [0.1, 0.15) is 48.0 Å². The van der Waals surface area contributed by atoms with Gasteiger partial charge in [-0.1, -0.05) is 25.0 Å². The van der Waals surface area contributed by atoms with Crippen LogP contribution < -0.4 is 0 Å². The quantitative estimate of drug-likeness (QED) is 0.879. The molecular weight excluding hydrogens is 278 g/mol. The summed E-state index contributed by atoms with van der Waals surface area (Å²) in [5.41, 5.74) is 1.48. The van der Waals surface area contributed by atoms with Crippen LogP contribution in [-0.2, 0) is 11.2 Å². The predicted molar refractivity (Wildman–Crippen MR) is 83.8 cm³/mol. The summed E-state index contributed by atoms with van der Waals surface area (Å²) < 4.78 is 0. The van der Waals surface area contributed by atoms with Crippen molar-refractivity contribution in [2.24, 2.45) is 11.8 Å². The van der Waals surface area contributed by atoms with Gasteiger partial charge in [0, 0.05) is 19.5 Å². The van der Waals surface area contributed by atoms with Crippen LogP contribution in [-0.4, -0.2) is 35.0 Å². The molecule has 1 aromatic carbocycles. The van der Waals surface area contributed by atoms with Gasteiger partial charge in [-0.25, -0.2) is 4.79 Å². The van der Waals surface area contributed by atoms with Gasteiger partial charge in [-0.2, -0.15) is 0 Å². The van der Waals surface area contributed by atoms with Crippen molar-refractivity contribution >= 4 is 11.9 Å². The van der Waals surface area contributed by atoms with E-state index in [1.54, 1.807) is 12.1 Å². The number of hydrogen-bond acceptors (Lipinski definition) is 2. The van der Waals surface area contributed by atoms with E-state index in [-0.39, 0.29) is 0 Å². The largest absolute Gasteiger partial charge is 0.478 e. The maximum Gasteiger partial charge on any atom is 0.335 e. The van der Waals surface area contributed by atoms with Crippen LogP contribution in [0.5, 0.6) is 0 Å². The lowest BCUT2D eigenvalue weighted by Crippen LogP contribution is -2.28. The van der Waals surface area contributed by atoms with Crippen LogP contribution in [0, 0.1) is 11.8 Å². The number of benzene rings is 1. The fourth-order valence-corrected chi connectivity index (χ4v) is 3.23. The van der Waals surface area contributed by atoms with Crippen LogP contribution in [0.25, 0.3) is 0 Å². The van der Waals surface area contributed by atoms with Crippen molar-refractivity contribution < 1.29 is 14.7 Å². The van der Waals surface area contributed by atoms with Gasteiger partial charge in [-0.05, 0) is 48.8 Å². The number of rotatable bonds is 6. The average molecular weight is 301 g/mol. The summed E-state index contributed by atoms with van der Waals surface area (Å²) in [7, 11) is 0. The van der Waals surface area contributed by atoms with Crippen molar-refractivity contribution in [3.05, 3.63) is 35.4 Å². The molecule has 4 heteroatoms. The van der Waals surface area contributed by atoms with Crippen LogP contribution in [0.4, 0.5) is 0 Å². The van der Waals surface area contributed by atoms with Gasteiger partial charge in [-0.3, -0.25) is 4.79 Å². The molecule has 1 unspecified atom stereocenters. The second-order valence-electron chi connectivity index (χ2n) is 6.68. The van der Waals surface area contributed by atoms with E-state index in [0.29, 0.717) is 23.8 Å². The molecule has 1 saturated carbocycles. The van der Waals surface area contributed by atoms with Crippen LogP contribution in [0.2, 0.25) is 0 Å². The molecule has 1 heterocycles. The zero-order valence-corrected chi connectivity index (χ0v) is 12.8. The molecule has 2 aliphatic rings. The van der Waals surface area contributed by atoms with E-state index in [4.69, 9.17) is 5.11 Å². The molecule has 0 bridgehead atoms. The van der Waals surface area contributed by atoms with Crippen molar-refractivity contribution in [1.82, 2.24) is 4.90 Å². The second kappa shape index (κ2) is 6.51. The minimum Gasteiger partial charge on any atom is -0.478 e. The maximum absolute atomic E-state index is 12.2. The highest BCUT2D eigenvalue weighted by Crippen LogP contribution is 2.34. The SMILES string of the molecule is O=C(O)c1ccc(CC2CCN(C(=O)CCC3CC3)C2)cc1. The molecule has 3 rings (SSSR count). The van der Waals surface area contributed by atoms with Crippen molar-refractivity contribution in [2.45, 2.75) is 38.5 Å². The Kier molecular flexibility index (Phi) is 4.46. The first-order valence-electron chi connectivity index (χ1n) is 8.22. The van der Waals surface area contributed by atoms with E-state index in [9.17, 15) is 9.59 Å². The average Bonchev–Trinajstić information content (AvgIpc) is 3.23. The summed E-state index contributed by atoms with van der Waals surface area (Å²) in [6, 6.07) is 7.10. The zero-order chi connectivity index (χ0) is 15.5. The van der Waals surface area contributed by atoms with Gasteiger partial charge in [-0.15, -0.1) is 0 Å². The van der Waals surface area contributed by atoms with Crippen molar-refractivity contribution in [3.63, 3.8) is 0 Å². The Morgan fingerprint density at radius 3 is 2.45 bits per heavy atom. The Bertz CT molecular complexity index is 548. The Labute approximate surface area is 131 Å². The smallest absolute Gasteiger partial charge is 0.335 e. The lowest BCUT2D eigenvalue weighted by molar-refractivity contribution is -0.130. The minimum atomic E-state index is -0.889. The Balaban J connectivity index is 1.47. The lowest BCUT2D eigenvalue weighted by Gasteiger charge is -2.16. The Morgan fingerprint density at radius 2 is 1.82 bits per heavy atom. The van der Waals surface area contributed by atoms with Crippen molar-refractivity contribution in [3.8, 4) is 0 Å². The molecule has 1 aliphatic carbocycles. The first kappa shape index (κ1) is 15.1. The van der Waals surface area contributed by atoms with Gasteiger partial charge in [0.15, 0.2) is 0 Å². The van der Waals surface area contributed by atoms with E-state index in [2.05, 4.69) is 0 Å². The van der Waals surface area contributed by atoms with Crippen LogP contribution in [0.3, 0.4) is 0 Å². The van der Waals surface area contributed by atoms with E-state index in [1.807, 2.05) is 17.0 Å². The molecule has 118 valence electrons. The fraction of sp³-hybridized carbons (Fsp3) is 0.556. The molecule has 1 N–H and O–H groups in total. The minimum absolute atomic E-state index is 0.315. The lowest BCUT2D eigenvalue weighted by atomic mass is 9.98. The standard InChI is InChI=1S/C18H23NO3/c20-17(8-5-13-1-2-13)19-10-9-15(12-19)11-14-3-6-16(7-4-14)18(21)22/h3-4,6-7,13,15H,1-2,5,8-12H2,(H,21,22). The zero-order valence-electron chi connectivity index (χ0n) is 12.8. The van der Waals surface area contributed by atoms with E-state index < -0.39 is 5.97 Å². The topological polar surface area (TPSA) is 57.6 Å². The first-order valence-corrected chi connectivity index (χ1v) is 8.22. The molecule has 1 amide bonds. The molecule has 1 atom stereocenters. The third-order valence-electron chi connectivity index (χ3n) is 4.83. The number of carbonyl (C=O) groups is 2. The number of carboxylic acid groups (broad SMARTS) is 1. The summed E-state index contributed by atoms with van der Waals surface area (Å²) in [5.74, 6) is 0.742. The summed E-state index contributed by atoms with van der Waals surface area (Å²) in [6.07, 6.45) is 6.37. The van der Waals surface area contributed by atoms with Crippen LogP contribution >= 0.6 is 0 Å². The number of likely N-dealkylation sites (tertiary alicyclic amines) is 1. The molecule has 0 radical (unpaired) electrons. The molecule has 2 fully saturated rings. The number of carboxylic acids is 1. The number of nitrogens with zero attached hydrogens (tertiary/aromatic N) is 1. The monoisotopic (exact) mass is 301 g/mol. The Morgan fingerprint density at radius 1 is 1.09 bits per heavy atom. The van der Waals surface area contributed by atoms with E-state index in [1.165, 1.54) is 12.8 Å². The number of hydrogen-bond donors (Lipinski definition) is 1. The number of carbonyl (C=O) groups excluding carboxylic acids is 1. The van der Waals surface area contributed by atoms with Gasteiger partial charge >= 0.3 is 5.97 Å². The normalized spacial score (nSPS) is 21.1. The van der Waals surface area contributed by atoms with Gasteiger partial charge in [0.05, 0.1) is 5.56 Å². The summed E-state index contributed by atoms with van der Waals surface area (Å²) in [6.45, 7) is 1.73. The van der Waals surface area contributed by atoms with Gasteiger partial charge in [0.25, 0.3) is 0 Å². The van der Waals surface area contributed by atoms with E-state index in [0.717, 1.165) is 43.8 Å².